The maximum atomic E-state index is 13.0. The van der Waals surface area contributed by atoms with Crippen LogP contribution in [0.3, 0.4) is 0 Å². The Kier molecular flexibility index (Phi) is 7.18. The monoisotopic (exact) mass is 485 g/mol. The predicted octanol–water partition coefficient (Wildman–Crippen LogP) is 4.22. The van der Waals surface area contributed by atoms with E-state index in [1.165, 1.54) is 24.3 Å². The molecule has 1 amide bonds. The van der Waals surface area contributed by atoms with Gasteiger partial charge in [-0.2, -0.15) is 8.42 Å². The number of nitrogens with one attached hydrogen (secondary N) is 1. The first-order valence-corrected chi connectivity index (χ1v) is 11.1. The van der Waals surface area contributed by atoms with Crippen LogP contribution in [0, 0.1) is 5.82 Å². The number of hydrogen-bond acceptors (Lipinski definition) is 5. The van der Waals surface area contributed by atoms with E-state index >= 15 is 0 Å². The van der Waals surface area contributed by atoms with E-state index in [-0.39, 0.29) is 12.2 Å². The Balaban J connectivity index is 2.04. The lowest BCUT2D eigenvalue weighted by atomic mass is 10.0. The normalized spacial score (nSPS) is 11.8. The highest BCUT2D eigenvalue weighted by Gasteiger charge is 2.22. The Bertz CT molecular complexity index is 1010. The van der Waals surface area contributed by atoms with Crippen LogP contribution in [0.5, 0.6) is 0 Å². The molecule has 0 aliphatic rings. The van der Waals surface area contributed by atoms with Crippen molar-refractivity contribution in [3.8, 4) is 0 Å². The molecule has 0 fully saturated rings. The van der Waals surface area contributed by atoms with E-state index in [0.29, 0.717) is 21.2 Å². The van der Waals surface area contributed by atoms with E-state index in [4.69, 9.17) is 0 Å². The van der Waals surface area contributed by atoms with Crippen LogP contribution in [-0.2, 0) is 20.7 Å². The van der Waals surface area contributed by atoms with Crippen LogP contribution in [-0.4, -0.2) is 31.6 Å². The zero-order valence-electron chi connectivity index (χ0n) is 16.2. The molecule has 2 aromatic carbocycles. The second kappa shape index (κ2) is 9.04. The minimum Gasteiger partial charge on any atom is -0.328 e. The van der Waals surface area contributed by atoms with Crippen LogP contribution in [0.1, 0.15) is 42.3 Å². The van der Waals surface area contributed by atoms with Gasteiger partial charge in [0.05, 0.1) is 5.75 Å². The van der Waals surface area contributed by atoms with Gasteiger partial charge in [-0.3, -0.25) is 4.79 Å². The molecule has 0 aliphatic heterocycles. The van der Waals surface area contributed by atoms with E-state index in [0.717, 1.165) is 0 Å². The van der Waals surface area contributed by atoms with Gasteiger partial charge in [-0.05, 0) is 69.2 Å². The molecule has 0 saturated heterocycles. The molecule has 6 nitrogen and oxygen atoms in total. The van der Waals surface area contributed by atoms with Crippen molar-refractivity contribution >= 4 is 37.9 Å². The number of carbonyl (C=O) groups is 2. The highest BCUT2D eigenvalue weighted by molar-refractivity contribution is 9.10. The van der Waals surface area contributed by atoms with Crippen molar-refractivity contribution in [1.29, 1.82) is 0 Å². The van der Waals surface area contributed by atoms with E-state index in [1.54, 1.807) is 39.0 Å². The summed E-state index contributed by atoms with van der Waals surface area (Å²) in [5.74, 6) is -1.13. The van der Waals surface area contributed by atoms with Gasteiger partial charge in [0.2, 0.25) is 0 Å². The summed E-state index contributed by atoms with van der Waals surface area (Å²) in [4.78, 5) is 24.2. The Morgan fingerprint density at radius 3 is 2.28 bits per heavy atom. The van der Waals surface area contributed by atoms with Crippen molar-refractivity contribution in [2.24, 2.45) is 0 Å². The lowest BCUT2D eigenvalue weighted by molar-refractivity contribution is 0.103. The zero-order chi connectivity index (χ0) is 21.8. The summed E-state index contributed by atoms with van der Waals surface area (Å²) in [7, 11) is -4.07. The van der Waals surface area contributed by atoms with Crippen LogP contribution in [0.15, 0.2) is 46.9 Å². The third-order valence-corrected chi connectivity index (χ3v) is 5.47. The molecule has 0 saturated carbocycles. The number of amides is 1. The van der Waals surface area contributed by atoms with Gasteiger partial charge in [-0.1, -0.05) is 22.0 Å². The quantitative estimate of drug-likeness (QED) is 0.488. The van der Waals surface area contributed by atoms with Gasteiger partial charge in [-0.15, -0.1) is 0 Å². The molecular weight excluding hydrogens is 465 g/mol. The zero-order valence-corrected chi connectivity index (χ0v) is 18.6. The molecule has 9 heteroatoms. The molecule has 29 heavy (non-hydrogen) atoms. The fourth-order valence-corrected chi connectivity index (χ4v) is 3.83. The molecule has 0 aliphatic carbocycles. The molecule has 0 atom stereocenters. The summed E-state index contributed by atoms with van der Waals surface area (Å²) in [5.41, 5.74) is 0.713. The summed E-state index contributed by atoms with van der Waals surface area (Å²) < 4.78 is 42.0. The van der Waals surface area contributed by atoms with Gasteiger partial charge in [0.25, 0.3) is 0 Å². The Morgan fingerprint density at radius 2 is 1.72 bits per heavy atom. The number of halogens is 2. The van der Waals surface area contributed by atoms with E-state index in [1.807, 2.05) is 0 Å². The minimum atomic E-state index is -4.07. The molecule has 1 N–H and O–H groups in total. The number of hydrogen-bond donors (Lipinski definition) is 1. The van der Waals surface area contributed by atoms with Crippen LogP contribution in [0.25, 0.3) is 0 Å². The van der Waals surface area contributed by atoms with Gasteiger partial charge >= 0.3 is 16.2 Å². The minimum absolute atomic E-state index is 0.0920. The first-order chi connectivity index (χ1) is 13.4. The van der Waals surface area contributed by atoms with Crippen molar-refractivity contribution in [2.75, 3.05) is 5.75 Å². The van der Waals surface area contributed by atoms with Crippen LogP contribution >= 0.6 is 15.9 Å². The smallest absolute Gasteiger partial charge is 0.328 e. The second-order valence-electron chi connectivity index (χ2n) is 7.41. The van der Waals surface area contributed by atoms with Crippen LogP contribution in [0.4, 0.5) is 9.18 Å². The van der Waals surface area contributed by atoms with Crippen LogP contribution < -0.4 is 5.32 Å². The molecule has 0 aromatic heterocycles. The topological polar surface area (TPSA) is 89.5 Å². The Hall–Kier alpha value is -2.26. The first kappa shape index (κ1) is 23.0. The lowest BCUT2D eigenvalue weighted by Crippen LogP contribution is -2.42. The highest BCUT2D eigenvalue weighted by atomic mass is 79.9. The molecule has 0 spiro atoms. The average Bonchev–Trinajstić information content (AvgIpc) is 2.58. The van der Waals surface area contributed by atoms with E-state index < -0.39 is 33.3 Å². The Morgan fingerprint density at radius 1 is 1.10 bits per heavy atom. The summed E-state index contributed by atoms with van der Waals surface area (Å²) in [6.45, 7) is 5.10. The summed E-state index contributed by atoms with van der Waals surface area (Å²) in [6, 6.07) is 10.0. The molecule has 0 bridgehead atoms. The van der Waals surface area contributed by atoms with Crippen molar-refractivity contribution in [3.05, 3.63) is 69.4 Å². The van der Waals surface area contributed by atoms with E-state index in [9.17, 15) is 22.4 Å². The fraction of sp³-hybridized carbons (Fsp3) is 0.300. The number of benzene rings is 2. The van der Waals surface area contributed by atoms with Gasteiger partial charge < -0.3 is 9.50 Å². The maximum absolute atomic E-state index is 13.0. The highest BCUT2D eigenvalue weighted by Crippen LogP contribution is 2.22. The van der Waals surface area contributed by atoms with Gasteiger partial charge in [0, 0.05) is 21.1 Å². The molecule has 0 unspecified atom stereocenters. The number of rotatable bonds is 6. The SMILES string of the molecule is CC(C)(C)NC(=O)OS(=O)(=O)CCc1ccc(C(=O)c2ccc(F)cc2)c(Br)c1. The molecular formula is C20H21BrFNO5S. The predicted molar refractivity (Wildman–Crippen MR) is 111 cm³/mol. The molecule has 2 rings (SSSR count). The number of carbonyl (C=O) groups excluding carboxylic acids is 2. The summed E-state index contributed by atoms with van der Waals surface area (Å²) in [5, 5.41) is 2.41. The van der Waals surface area contributed by atoms with Crippen molar-refractivity contribution in [1.82, 2.24) is 5.32 Å². The van der Waals surface area contributed by atoms with Crippen LogP contribution in [0.2, 0.25) is 0 Å². The molecule has 0 radical (unpaired) electrons. The van der Waals surface area contributed by atoms with E-state index in [2.05, 4.69) is 25.4 Å². The van der Waals surface area contributed by atoms with Crippen molar-refractivity contribution < 1.29 is 26.6 Å². The van der Waals surface area contributed by atoms with Crippen molar-refractivity contribution in [3.63, 3.8) is 0 Å². The largest absolute Gasteiger partial charge is 0.423 e. The third-order valence-electron chi connectivity index (χ3n) is 3.70. The fourth-order valence-electron chi connectivity index (χ4n) is 2.38. The second-order valence-corrected chi connectivity index (χ2v) is 9.95. The first-order valence-electron chi connectivity index (χ1n) is 8.69. The third kappa shape index (κ3) is 7.25. The Labute approximate surface area is 177 Å². The van der Waals surface area contributed by atoms with Gasteiger partial charge in [0.1, 0.15) is 5.82 Å². The standard InChI is InChI=1S/C20H21BrFNO5S/c1-20(2,3)23-19(25)28-29(26,27)11-10-13-4-9-16(17(21)12-13)18(24)14-5-7-15(22)8-6-14/h4-9,12H,10-11H2,1-3H3,(H,23,25). The maximum Gasteiger partial charge on any atom is 0.423 e. The van der Waals surface area contributed by atoms with Gasteiger partial charge in [0.15, 0.2) is 5.78 Å². The summed E-state index contributed by atoms with van der Waals surface area (Å²) in [6.07, 6.45) is -0.937. The molecule has 0 heterocycles. The summed E-state index contributed by atoms with van der Waals surface area (Å²) >= 11 is 3.31. The lowest BCUT2D eigenvalue weighted by Gasteiger charge is -2.19. The van der Waals surface area contributed by atoms with Gasteiger partial charge in [-0.25, -0.2) is 9.18 Å². The number of ketones is 1. The van der Waals surface area contributed by atoms with Crippen molar-refractivity contribution in [2.45, 2.75) is 32.7 Å². The molecule has 156 valence electrons. The number of aryl methyl sites for hydroxylation is 1. The molecule has 2 aromatic rings. The average molecular weight is 486 g/mol.